The van der Waals surface area contributed by atoms with E-state index in [9.17, 15) is 4.79 Å². The summed E-state index contributed by atoms with van der Waals surface area (Å²) in [6, 6.07) is 13.2. The molecule has 0 saturated carbocycles. The summed E-state index contributed by atoms with van der Waals surface area (Å²) in [7, 11) is 3.19. The third-order valence-corrected chi connectivity index (χ3v) is 4.34. The van der Waals surface area contributed by atoms with Gasteiger partial charge in [0.1, 0.15) is 5.82 Å². The van der Waals surface area contributed by atoms with Gasteiger partial charge in [-0.2, -0.15) is 0 Å². The monoisotopic (exact) mass is 392 g/mol. The highest BCUT2D eigenvalue weighted by Crippen LogP contribution is 2.28. The Morgan fingerprint density at radius 3 is 2.55 bits per heavy atom. The molecule has 0 bridgehead atoms. The molecule has 2 heterocycles. The molecule has 2 N–H and O–H groups in total. The number of nitrogens with one attached hydrogen (secondary N) is 2. The first-order valence-electron chi connectivity index (χ1n) is 9.27. The third-order valence-electron chi connectivity index (χ3n) is 4.34. The molecule has 0 aliphatic rings. The van der Waals surface area contributed by atoms with Crippen LogP contribution >= 0.6 is 0 Å². The Kier molecular flexibility index (Phi) is 7.00. The van der Waals surface area contributed by atoms with E-state index in [0.29, 0.717) is 36.7 Å². The summed E-state index contributed by atoms with van der Waals surface area (Å²) in [5, 5.41) is 6.09. The number of carbonyl (C=O) groups excluding carboxylic acids is 1. The molecule has 0 saturated heterocycles. The Morgan fingerprint density at radius 1 is 1.00 bits per heavy atom. The fourth-order valence-electron chi connectivity index (χ4n) is 2.78. The minimum Gasteiger partial charge on any atom is -0.493 e. The molecular formula is C22H24N4O3. The predicted octanol–water partition coefficient (Wildman–Crippen LogP) is 3.68. The Morgan fingerprint density at radius 2 is 1.86 bits per heavy atom. The van der Waals surface area contributed by atoms with Gasteiger partial charge in [-0.25, -0.2) is 4.98 Å². The lowest BCUT2D eigenvalue weighted by Gasteiger charge is -2.10. The number of aryl methyl sites for hydroxylation is 1. The van der Waals surface area contributed by atoms with Gasteiger partial charge < -0.3 is 20.1 Å². The van der Waals surface area contributed by atoms with Crippen molar-refractivity contribution in [3.63, 3.8) is 0 Å². The number of ether oxygens (including phenoxy) is 2. The highest BCUT2D eigenvalue weighted by Gasteiger charge is 2.08. The van der Waals surface area contributed by atoms with Gasteiger partial charge in [-0.15, -0.1) is 0 Å². The van der Waals surface area contributed by atoms with Crippen LogP contribution in [0.2, 0.25) is 0 Å². The van der Waals surface area contributed by atoms with Crippen molar-refractivity contribution < 1.29 is 14.3 Å². The molecule has 0 spiro atoms. The van der Waals surface area contributed by atoms with E-state index in [1.807, 2.05) is 42.6 Å². The molecule has 0 atom stereocenters. The van der Waals surface area contributed by atoms with E-state index in [1.54, 1.807) is 32.7 Å². The van der Waals surface area contributed by atoms with Gasteiger partial charge >= 0.3 is 0 Å². The fourth-order valence-corrected chi connectivity index (χ4v) is 2.78. The number of hydrogen-bond donors (Lipinski definition) is 2. The number of amides is 1. The van der Waals surface area contributed by atoms with Crippen LogP contribution in [-0.2, 0) is 17.8 Å². The van der Waals surface area contributed by atoms with Gasteiger partial charge in [0.2, 0.25) is 5.91 Å². The van der Waals surface area contributed by atoms with Crippen LogP contribution in [0.3, 0.4) is 0 Å². The van der Waals surface area contributed by atoms with Crippen molar-refractivity contribution in [2.75, 3.05) is 24.9 Å². The van der Waals surface area contributed by atoms with Crippen molar-refractivity contribution in [1.82, 2.24) is 9.97 Å². The number of nitrogens with zero attached hydrogens (tertiary/aromatic N) is 2. The standard InChI is InChI=1S/C22H24N4O3/c1-28-19-8-5-16(12-20(19)29-2)6-10-22(27)26-21-9-7-18(15-25-21)24-14-17-4-3-11-23-13-17/h3-5,7-9,11-13,15,24H,6,10,14H2,1-2H3,(H,25,26,27). The summed E-state index contributed by atoms with van der Waals surface area (Å²) in [4.78, 5) is 20.6. The zero-order valence-corrected chi connectivity index (χ0v) is 16.5. The maximum absolute atomic E-state index is 12.2. The summed E-state index contributed by atoms with van der Waals surface area (Å²) in [5.74, 6) is 1.75. The van der Waals surface area contributed by atoms with Crippen LogP contribution in [0.25, 0.3) is 0 Å². The first-order chi connectivity index (χ1) is 14.2. The summed E-state index contributed by atoms with van der Waals surface area (Å²) in [6.07, 6.45) is 6.19. The molecule has 0 aliphatic carbocycles. The van der Waals surface area contributed by atoms with E-state index in [1.165, 1.54) is 0 Å². The van der Waals surface area contributed by atoms with Crippen molar-refractivity contribution in [3.8, 4) is 11.5 Å². The van der Waals surface area contributed by atoms with Crippen molar-refractivity contribution in [1.29, 1.82) is 0 Å². The number of benzene rings is 1. The van der Waals surface area contributed by atoms with Crippen LogP contribution in [0.1, 0.15) is 17.5 Å². The van der Waals surface area contributed by atoms with E-state index in [2.05, 4.69) is 20.6 Å². The number of methoxy groups -OCH3 is 2. The van der Waals surface area contributed by atoms with Gasteiger partial charge in [-0.3, -0.25) is 9.78 Å². The van der Waals surface area contributed by atoms with Crippen LogP contribution in [0, 0.1) is 0 Å². The lowest BCUT2D eigenvalue weighted by Crippen LogP contribution is -2.13. The minimum absolute atomic E-state index is 0.0941. The van der Waals surface area contributed by atoms with Gasteiger partial charge in [-0.05, 0) is 47.9 Å². The number of carbonyl (C=O) groups is 1. The van der Waals surface area contributed by atoms with Crippen molar-refractivity contribution in [2.24, 2.45) is 0 Å². The normalized spacial score (nSPS) is 10.3. The van der Waals surface area contributed by atoms with Crippen molar-refractivity contribution in [3.05, 3.63) is 72.2 Å². The van der Waals surface area contributed by atoms with Gasteiger partial charge in [0.15, 0.2) is 11.5 Å². The second-order valence-electron chi connectivity index (χ2n) is 6.38. The van der Waals surface area contributed by atoms with E-state index < -0.39 is 0 Å². The molecule has 150 valence electrons. The Labute approximate surface area is 170 Å². The highest BCUT2D eigenvalue weighted by molar-refractivity contribution is 5.90. The van der Waals surface area contributed by atoms with Crippen LogP contribution in [0.5, 0.6) is 11.5 Å². The fraction of sp³-hybridized carbons (Fsp3) is 0.227. The first kappa shape index (κ1) is 20.1. The van der Waals surface area contributed by atoms with E-state index in [0.717, 1.165) is 16.8 Å². The molecule has 0 unspecified atom stereocenters. The molecule has 3 rings (SSSR count). The maximum Gasteiger partial charge on any atom is 0.225 e. The Hall–Kier alpha value is -3.61. The smallest absolute Gasteiger partial charge is 0.225 e. The molecule has 1 amide bonds. The van der Waals surface area contributed by atoms with Gasteiger partial charge in [-0.1, -0.05) is 12.1 Å². The van der Waals surface area contributed by atoms with Gasteiger partial charge in [0.25, 0.3) is 0 Å². The topological polar surface area (TPSA) is 85.4 Å². The summed E-state index contributed by atoms with van der Waals surface area (Å²) >= 11 is 0. The largest absolute Gasteiger partial charge is 0.493 e. The Balaban J connectivity index is 1.48. The van der Waals surface area contributed by atoms with Crippen LogP contribution < -0.4 is 20.1 Å². The average Bonchev–Trinajstić information content (AvgIpc) is 2.77. The van der Waals surface area contributed by atoms with Gasteiger partial charge in [0.05, 0.1) is 26.1 Å². The number of anilines is 2. The number of pyridine rings is 2. The Bertz CT molecular complexity index is 931. The number of aromatic nitrogens is 2. The van der Waals surface area contributed by atoms with Crippen LogP contribution in [0.15, 0.2) is 61.1 Å². The molecule has 29 heavy (non-hydrogen) atoms. The van der Waals surface area contributed by atoms with E-state index >= 15 is 0 Å². The molecule has 0 fully saturated rings. The zero-order valence-electron chi connectivity index (χ0n) is 16.5. The molecule has 0 radical (unpaired) electrons. The molecule has 7 nitrogen and oxygen atoms in total. The maximum atomic E-state index is 12.2. The van der Waals surface area contributed by atoms with Crippen LogP contribution in [0.4, 0.5) is 11.5 Å². The number of rotatable bonds is 9. The lowest BCUT2D eigenvalue weighted by atomic mass is 10.1. The first-order valence-corrected chi connectivity index (χ1v) is 9.27. The van der Waals surface area contributed by atoms with Crippen molar-refractivity contribution in [2.45, 2.75) is 19.4 Å². The summed E-state index contributed by atoms with van der Waals surface area (Å²) in [5.41, 5.74) is 2.96. The summed E-state index contributed by atoms with van der Waals surface area (Å²) < 4.78 is 10.5. The average molecular weight is 392 g/mol. The lowest BCUT2D eigenvalue weighted by molar-refractivity contribution is -0.116. The molecule has 0 aliphatic heterocycles. The number of hydrogen-bond acceptors (Lipinski definition) is 6. The second kappa shape index (κ2) is 10.1. The van der Waals surface area contributed by atoms with E-state index in [-0.39, 0.29) is 5.91 Å². The van der Waals surface area contributed by atoms with Crippen molar-refractivity contribution >= 4 is 17.4 Å². The second-order valence-corrected chi connectivity index (χ2v) is 6.38. The summed E-state index contributed by atoms with van der Waals surface area (Å²) in [6.45, 7) is 0.659. The SMILES string of the molecule is COc1ccc(CCC(=O)Nc2ccc(NCc3cccnc3)cn2)cc1OC. The van der Waals surface area contributed by atoms with E-state index in [4.69, 9.17) is 9.47 Å². The highest BCUT2D eigenvalue weighted by atomic mass is 16.5. The zero-order chi connectivity index (χ0) is 20.5. The van der Waals surface area contributed by atoms with Gasteiger partial charge in [0, 0.05) is 25.4 Å². The predicted molar refractivity (Wildman–Crippen MR) is 112 cm³/mol. The minimum atomic E-state index is -0.0941. The molecule has 7 heteroatoms. The third kappa shape index (κ3) is 5.93. The molecular weight excluding hydrogens is 368 g/mol. The quantitative estimate of drug-likeness (QED) is 0.578. The molecule has 1 aromatic carbocycles. The molecule has 3 aromatic rings. The van der Waals surface area contributed by atoms with Crippen LogP contribution in [-0.4, -0.2) is 30.1 Å². The molecule has 2 aromatic heterocycles.